The number of ether oxygens (including phenoxy) is 1. The Morgan fingerprint density at radius 2 is 1.67 bits per heavy atom. The molecule has 0 aliphatic rings. The fraction of sp³-hybridized carbons (Fsp3) is 0. The molecule has 2 heterocycles. The molecular weight excluding hydrogens is 398 g/mol. The first-order valence-corrected chi connectivity index (χ1v) is 10.8. The summed E-state index contributed by atoms with van der Waals surface area (Å²) in [5, 5.41) is 1.11. The Bertz CT molecular complexity index is 1440. The predicted molar refractivity (Wildman–Crippen MR) is 114 cm³/mol. The molecule has 0 saturated carbocycles. The van der Waals surface area contributed by atoms with Gasteiger partial charge in [0.1, 0.15) is 17.3 Å². The lowest BCUT2D eigenvalue weighted by molar-refractivity contribution is 0.483. The monoisotopic (exact) mass is 415 g/mol. The van der Waals surface area contributed by atoms with Gasteiger partial charge in [-0.1, -0.05) is 30.3 Å². The van der Waals surface area contributed by atoms with E-state index in [2.05, 4.69) is 15.0 Å². The van der Waals surface area contributed by atoms with Crippen LogP contribution in [-0.4, -0.2) is 23.4 Å². The number of imidazole rings is 1. The number of aromatic amines is 2. The number of benzene rings is 3. The summed E-state index contributed by atoms with van der Waals surface area (Å²) in [5.41, 5.74) is 1.77. The predicted octanol–water partition coefficient (Wildman–Crippen LogP) is 5.18. The molecular formula is C23H17N3O3S. The van der Waals surface area contributed by atoms with E-state index >= 15 is 0 Å². The van der Waals surface area contributed by atoms with Gasteiger partial charge < -0.3 is 14.7 Å². The Kier molecular flexibility index (Phi) is 4.37. The third kappa shape index (κ3) is 3.35. The van der Waals surface area contributed by atoms with Gasteiger partial charge in [-0.25, -0.2) is 13.4 Å². The second-order valence-corrected chi connectivity index (χ2v) is 8.69. The topological polar surface area (TPSA) is 87.8 Å². The summed E-state index contributed by atoms with van der Waals surface area (Å²) < 4.78 is 31.5. The highest BCUT2D eigenvalue weighted by Crippen LogP contribution is 2.29. The van der Waals surface area contributed by atoms with Crippen LogP contribution in [0.5, 0.6) is 11.5 Å². The standard InChI is InChI=1S/C23H17N3O3S/c27-30(28,20-7-2-1-3-8-20)22-15-25-23(26-22)17-5-4-6-18(14-17)29-19-9-10-21-16(13-19)11-12-24-21/h1-15,24H,(H,25,26). The summed E-state index contributed by atoms with van der Waals surface area (Å²) in [6.07, 6.45) is 3.22. The second-order valence-electron chi connectivity index (χ2n) is 6.77. The highest BCUT2D eigenvalue weighted by molar-refractivity contribution is 7.91. The molecule has 148 valence electrons. The van der Waals surface area contributed by atoms with E-state index in [9.17, 15) is 8.42 Å². The molecule has 7 heteroatoms. The van der Waals surface area contributed by atoms with E-state index in [0.717, 1.165) is 16.5 Å². The molecule has 30 heavy (non-hydrogen) atoms. The minimum absolute atomic E-state index is 0.0490. The van der Waals surface area contributed by atoms with Gasteiger partial charge in [-0.15, -0.1) is 0 Å². The number of H-pyrrole nitrogens is 2. The van der Waals surface area contributed by atoms with Gasteiger partial charge in [0.25, 0.3) is 0 Å². The van der Waals surface area contributed by atoms with E-state index < -0.39 is 9.84 Å². The Balaban J connectivity index is 1.43. The van der Waals surface area contributed by atoms with Gasteiger partial charge in [-0.2, -0.15) is 0 Å². The van der Waals surface area contributed by atoms with Crippen molar-refractivity contribution in [2.45, 2.75) is 9.92 Å². The van der Waals surface area contributed by atoms with E-state index in [0.29, 0.717) is 17.3 Å². The molecule has 2 aromatic heterocycles. The van der Waals surface area contributed by atoms with Crippen molar-refractivity contribution in [1.82, 2.24) is 15.0 Å². The van der Waals surface area contributed by atoms with Crippen LogP contribution in [0.4, 0.5) is 0 Å². The Morgan fingerprint density at radius 1 is 0.833 bits per heavy atom. The zero-order chi connectivity index (χ0) is 20.6. The molecule has 5 rings (SSSR count). The molecule has 3 aromatic carbocycles. The normalized spacial score (nSPS) is 11.6. The molecule has 2 N–H and O–H groups in total. The van der Waals surface area contributed by atoms with Gasteiger partial charge >= 0.3 is 0 Å². The first-order chi connectivity index (χ1) is 14.6. The van der Waals surface area contributed by atoms with E-state index in [1.807, 2.05) is 54.7 Å². The number of nitrogens with one attached hydrogen (secondary N) is 2. The first-order valence-electron chi connectivity index (χ1n) is 9.30. The highest BCUT2D eigenvalue weighted by Gasteiger charge is 2.20. The van der Waals surface area contributed by atoms with Crippen molar-refractivity contribution in [1.29, 1.82) is 0 Å². The van der Waals surface area contributed by atoms with Crippen LogP contribution in [0.1, 0.15) is 0 Å². The van der Waals surface area contributed by atoms with Crippen molar-refractivity contribution in [2.75, 3.05) is 0 Å². The molecule has 0 atom stereocenters. The van der Waals surface area contributed by atoms with E-state index in [1.165, 1.54) is 6.20 Å². The number of aromatic nitrogens is 3. The number of hydrogen-bond acceptors (Lipinski definition) is 4. The number of nitrogens with zero attached hydrogens (tertiary/aromatic N) is 1. The van der Waals surface area contributed by atoms with Crippen molar-refractivity contribution in [3.8, 4) is 22.9 Å². The van der Waals surface area contributed by atoms with Gasteiger partial charge in [-0.3, -0.25) is 0 Å². The average Bonchev–Trinajstić information content (AvgIpc) is 3.44. The maximum absolute atomic E-state index is 12.8. The van der Waals surface area contributed by atoms with Crippen molar-refractivity contribution < 1.29 is 13.2 Å². The highest BCUT2D eigenvalue weighted by atomic mass is 32.2. The van der Waals surface area contributed by atoms with Crippen LogP contribution in [0, 0.1) is 0 Å². The number of sulfone groups is 1. The van der Waals surface area contributed by atoms with Crippen LogP contribution in [0.2, 0.25) is 0 Å². The fourth-order valence-electron chi connectivity index (χ4n) is 3.25. The molecule has 0 bridgehead atoms. The molecule has 0 aliphatic carbocycles. The third-order valence-corrected chi connectivity index (χ3v) is 6.44. The molecule has 0 saturated heterocycles. The largest absolute Gasteiger partial charge is 0.457 e. The Labute approximate surface area is 173 Å². The summed E-state index contributed by atoms with van der Waals surface area (Å²) >= 11 is 0. The minimum Gasteiger partial charge on any atom is -0.457 e. The second kappa shape index (κ2) is 7.20. The zero-order valence-electron chi connectivity index (χ0n) is 15.7. The summed E-state index contributed by atoms with van der Waals surface area (Å²) in [6.45, 7) is 0. The molecule has 5 aromatic rings. The molecule has 0 amide bonds. The van der Waals surface area contributed by atoms with Gasteiger partial charge in [-0.05, 0) is 48.5 Å². The maximum Gasteiger partial charge on any atom is 0.223 e. The van der Waals surface area contributed by atoms with Crippen LogP contribution in [0.15, 0.2) is 101 Å². The van der Waals surface area contributed by atoms with Crippen LogP contribution >= 0.6 is 0 Å². The quantitative estimate of drug-likeness (QED) is 0.414. The van der Waals surface area contributed by atoms with Crippen LogP contribution in [0.25, 0.3) is 22.3 Å². The lowest BCUT2D eigenvalue weighted by Crippen LogP contribution is -2.02. The van der Waals surface area contributed by atoms with Gasteiger partial charge in [0, 0.05) is 22.7 Å². The maximum atomic E-state index is 12.8. The Morgan fingerprint density at radius 3 is 2.53 bits per heavy atom. The SMILES string of the molecule is O=S(=O)(c1ccccc1)c1cnc(-c2cccc(Oc3ccc4[nH]ccc4c3)c2)[nH]1. The molecule has 0 radical (unpaired) electrons. The summed E-state index contributed by atoms with van der Waals surface area (Å²) in [4.78, 5) is 10.6. The molecule has 0 fully saturated rings. The lowest BCUT2D eigenvalue weighted by atomic mass is 10.2. The van der Waals surface area contributed by atoms with Crippen LogP contribution in [-0.2, 0) is 9.84 Å². The molecule has 0 spiro atoms. The Hall–Kier alpha value is -3.84. The smallest absolute Gasteiger partial charge is 0.223 e. The minimum atomic E-state index is -3.65. The number of hydrogen-bond donors (Lipinski definition) is 2. The van der Waals surface area contributed by atoms with Crippen molar-refractivity contribution >= 4 is 20.7 Å². The number of fused-ring (bicyclic) bond motifs is 1. The lowest BCUT2D eigenvalue weighted by Gasteiger charge is -2.07. The summed E-state index contributed by atoms with van der Waals surface area (Å²) in [6, 6.07) is 23.4. The molecule has 0 aliphatic heterocycles. The van der Waals surface area contributed by atoms with E-state index in [1.54, 1.807) is 30.3 Å². The van der Waals surface area contributed by atoms with E-state index in [4.69, 9.17) is 4.74 Å². The average molecular weight is 415 g/mol. The fourth-order valence-corrected chi connectivity index (χ4v) is 4.44. The first kappa shape index (κ1) is 18.2. The zero-order valence-corrected chi connectivity index (χ0v) is 16.6. The summed E-state index contributed by atoms with van der Waals surface area (Å²) in [5.74, 6) is 1.80. The van der Waals surface area contributed by atoms with Gasteiger partial charge in [0.05, 0.1) is 11.1 Å². The van der Waals surface area contributed by atoms with Crippen molar-refractivity contribution in [2.24, 2.45) is 0 Å². The van der Waals surface area contributed by atoms with Crippen molar-refractivity contribution in [3.63, 3.8) is 0 Å². The van der Waals surface area contributed by atoms with E-state index in [-0.39, 0.29) is 9.92 Å². The molecule has 6 nitrogen and oxygen atoms in total. The summed E-state index contributed by atoms with van der Waals surface area (Å²) in [7, 11) is -3.65. The van der Waals surface area contributed by atoms with Gasteiger partial charge in [0.15, 0.2) is 5.03 Å². The van der Waals surface area contributed by atoms with Crippen LogP contribution < -0.4 is 4.74 Å². The molecule has 0 unspecified atom stereocenters. The van der Waals surface area contributed by atoms with Crippen LogP contribution in [0.3, 0.4) is 0 Å². The van der Waals surface area contributed by atoms with Gasteiger partial charge in [0.2, 0.25) is 9.84 Å². The third-order valence-electron chi connectivity index (χ3n) is 4.76. The van der Waals surface area contributed by atoms with Crippen molar-refractivity contribution in [3.05, 3.63) is 91.3 Å². The number of rotatable bonds is 5.